The average molecular weight is 230 g/mol. The van der Waals surface area contributed by atoms with Crippen LogP contribution in [0.3, 0.4) is 0 Å². The highest BCUT2D eigenvalue weighted by molar-refractivity contribution is 5.96. The van der Waals surface area contributed by atoms with E-state index in [4.69, 9.17) is 10.5 Å². The van der Waals surface area contributed by atoms with Crippen LogP contribution in [0.25, 0.3) is 0 Å². The summed E-state index contributed by atoms with van der Waals surface area (Å²) >= 11 is 0. The Morgan fingerprint density at radius 1 is 1.41 bits per heavy atom. The molecule has 3 rings (SSSR count). The molecule has 17 heavy (non-hydrogen) atoms. The summed E-state index contributed by atoms with van der Waals surface area (Å²) in [5.41, 5.74) is 7.59. The number of para-hydroxylation sites is 1. The average Bonchev–Trinajstić information content (AvgIpc) is 2.28. The van der Waals surface area contributed by atoms with Gasteiger partial charge in [0, 0.05) is 18.2 Å². The number of carbonyl (C=O) groups is 2. The molecule has 2 heterocycles. The second-order valence-electron chi connectivity index (χ2n) is 4.06. The Kier molecular flexibility index (Phi) is 1.95. The maximum Gasteiger partial charge on any atom is 0.331 e. The minimum atomic E-state index is -0.458. The molecule has 0 aromatic heterocycles. The number of ether oxygens (including phenoxy) is 1. The van der Waals surface area contributed by atoms with Crippen molar-refractivity contribution in [2.45, 2.75) is 6.42 Å². The maximum atomic E-state index is 11.4. The third-order valence-electron chi connectivity index (χ3n) is 2.90. The number of anilines is 1. The van der Waals surface area contributed by atoms with E-state index in [0.717, 1.165) is 11.3 Å². The summed E-state index contributed by atoms with van der Waals surface area (Å²) in [6.07, 6.45) is 2.11. The molecule has 0 radical (unpaired) electrons. The number of benzene rings is 1. The van der Waals surface area contributed by atoms with Gasteiger partial charge in [0.1, 0.15) is 6.54 Å². The van der Waals surface area contributed by atoms with Gasteiger partial charge in [0.15, 0.2) is 5.75 Å². The second-order valence-corrected chi connectivity index (χ2v) is 4.06. The molecule has 0 saturated carbocycles. The highest BCUT2D eigenvalue weighted by atomic mass is 16.5. The molecule has 0 bridgehead atoms. The molecule has 0 aliphatic carbocycles. The van der Waals surface area contributed by atoms with Crippen molar-refractivity contribution in [3.8, 4) is 5.75 Å². The van der Waals surface area contributed by atoms with Crippen molar-refractivity contribution in [1.29, 1.82) is 0 Å². The lowest BCUT2D eigenvalue weighted by Crippen LogP contribution is -2.37. The molecule has 2 aliphatic heterocycles. The van der Waals surface area contributed by atoms with E-state index >= 15 is 0 Å². The van der Waals surface area contributed by atoms with Crippen LogP contribution in [0.15, 0.2) is 30.0 Å². The third-order valence-corrected chi connectivity index (χ3v) is 2.90. The van der Waals surface area contributed by atoms with Gasteiger partial charge in [-0.2, -0.15) is 0 Å². The number of amides is 1. The Balaban J connectivity index is 2.15. The summed E-state index contributed by atoms with van der Waals surface area (Å²) in [5, 5.41) is 0. The zero-order valence-electron chi connectivity index (χ0n) is 8.97. The lowest BCUT2D eigenvalue weighted by atomic mass is 9.98. The highest BCUT2D eigenvalue weighted by Crippen LogP contribution is 2.39. The first-order chi connectivity index (χ1) is 8.15. The van der Waals surface area contributed by atoms with Crippen molar-refractivity contribution in [2.24, 2.45) is 5.73 Å². The summed E-state index contributed by atoms with van der Waals surface area (Å²) in [6, 6.07) is 5.45. The quantitative estimate of drug-likeness (QED) is 0.557. The first kappa shape index (κ1) is 9.89. The van der Waals surface area contributed by atoms with E-state index < -0.39 is 5.91 Å². The summed E-state index contributed by atoms with van der Waals surface area (Å²) in [7, 11) is 0. The number of esters is 1. The molecule has 1 amide bonds. The zero-order valence-corrected chi connectivity index (χ0v) is 8.97. The van der Waals surface area contributed by atoms with Gasteiger partial charge in [0.25, 0.3) is 0 Å². The number of hydrogen-bond acceptors (Lipinski definition) is 4. The fourth-order valence-electron chi connectivity index (χ4n) is 2.19. The molecule has 0 spiro atoms. The van der Waals surface area contributed by atoms with E-state index in [1.807, 2.05) is 6.07 Å². The van der Waals surface area contributed by atoms with E-state index in [1.54, 1.807) is 23.2 Å². The van der Waals surface area contributed by atoms with Crippen LogP contribution in [0.5, 0.6) is 5.75 Å². The van der Waals surface area contributed by atoms with E-state index in [1.165, 1.54) is 0 Å². The molecule has 5 nitrogen and oxygen atoms in total. The fraction of sp³-hybridized carbons (Fsp3) is 0.167. The van der Waals surface area contributed by atoms with E-state index in [2.05, 4.69) is 0 Å². The van der Waals surface area contributed by atoms with Gasteiger partial charge in [-0.15, -0.1) is 0 Å². The van der Waals surface area contributed by atoms with Gasteiger partial charge < -0.3 is 15.4 Å². The Bertz CT molecular complexity index is 563. The van der Waals surface area contributed by atoms with Gasteiger partial charge >= 0.3 is 5.97 Å². The smallest absolute Gasteiger partial charge is 0.331 e. The fourth-order valence-corrected chi connectivity index (χ4v) is 2.19. The van der Waals surface area contributed by atoms with E-state index in [-0.39, 0.29) is 12.5 Å². The van der Waals surface area contributed by atoms with Crippen LogP contribution in [0.2, 0.25) is 0 Å². The number of carbonyl (C=O) groups excluding carboxylic acids is 2. The van der Waals surface area contributed by atoms with Crippen LogP contribution in [-0.2, 0) is 16.0 Å². The summed E-state index contributed by atoms with van der Waals surface area (Å²) < 4.78 is 5.15. The number of rotatable bonds is 1. The first-order valence-corrected chi connectivity index (χ1v) is 5.25. The third kappa shape index (κ3) is 1.47. The van der Waals surface area contributed by atoms with E-state index in [0.29, 0.717) is 17.7 Å². The first-order valence-electron chi connectivity index (χ1n) is 5.25. The minimum absolute atomic E-state index is 0.112. The van der Waals surface area contributed by atoms with Gasteiger partial charge in [-0.25, -0.2) is 4.79 Å². The number of hydrogen-bond donors (Lipinski definition) is 1. The van der Waals surface area contributed by atoms with Crippen molar-refractivity contribution >= 4 is 17.6 Å². The molecule has 0 atom stereocenters. The van der Waals surface area contributed by atoms with Gasteiger partial charge in [0.05, 0.1) is 5.69 Å². The van der Waals surface area contributed by atoms with Crippen LogP contribution in [0, 0.1) is 0 Å². The van der Waals surface area contributed by atoms with Crippen molar-refractivity contribution in [2.75, 3.05) is 11.4 Å². The van der Waals surface area contributed by atoms with Crippen LogP contribution >= 0.6 is 0 Å². The summed E-state index contributed by atoms with van der Waals surface area (Å²) in [5.74, 6) is -0.255. The molecule has 2 aliphatic rings. The van der Waals surface area contributed by atoms with Crippen LogP contribution in [0.4, 0.5) is 5.69 Å². The zero-order chi connectivity index (χ0) is 12.0. The number of nitrogens with zero attached hydrogens (tertiary/aromatic N) is 1. The predicted octanol–water partition coefficient (Wildman–Crippen LogP) is 0.337. The Morgan fingerprint density at radius 2 is 2.24 bits per heavy atom. The Hall–Kier alpha value is -2.30. The van der Waals surface area contributed by atoms with Crippen molar-refractivity contribution in [3.05, 3.63) is 35.5 Å². The SMILES string of the molecule is NC(=O)C1=CN2CC(=O)Oc3cccc(c32)C1. The van der Waals surface area contributed by atoms with Gasteiger partial charge in [-0.05, 0) is 11.6 Å². The minimum Gasteiger partial charge on any atom is -0.423 e. The largest absolute Gasteiger partial charge is 0.423 e. The number of nitrogens with two attached hydrogens (primary N) is 1. The molecular formula is C12H10N2O3. The lowest BCUT2D eigenvalue weighted by Gasteiger charge is -2.32. The van der Waals surface area contributed by atoms with Crippen LogP contribution < -0.4 is 15.4 Å². The molecule has 0 unspecified atom stereocenters. The lowest BCUT2D eigenvalue weighted by molar-refractivity contribution is -0.133. The Labute approximate surface area is 97.5 Å². The highest BCUT2D eigenvalue weighted by Gasteiger charge is 2.29. The van der Waals surface area contributed by atoms with Crippen molar-refractivity contribution in [3.63, 3.8) is 0 Å². The standard InChI is InChI=1S/C12H10N2O3/c13-12(16)8-4-7-2-1-3-9-11(7)14(5-8)6-10(15)17-9/h1-3,5H,4,6H2,(H2,13,16). The predicted molar refractivity (Wildman–Crippen MR) is 60.4 cm³/mol. The number of primary amides is 1. The molecule has 0 saturated heterocycles. The molecule has 5 heteroatoms. The van der Waals surface area contributed by atoms with Crippen molar-refractivity contribution < 1.29 is 14.3 Å². The summed E-state index contributed by atoms with van der Waals surface area (Å²) in [6.45, 7) is 0.112. The maximum absolute atomic E-state index is 11.4. The topological polar surface area (TPSA) is 72.6 Å². The van der Waals surface area contributed by atoms with E-state index in [9.17, 15) is 9.59 Å². The molecule has 86 valence electrons. The van der Waals surface area contributed by atoms with Crippen molar-refractivity contribution in [1.82, 2.24) is 0 Å². The molecule has 2 N–H and O–H groups in total. The van der Waals surface area contributed by atoms with Gasteiger partial charge in [-0.1, -0.05) is 12.1 Å². The second kappa shape index (κ2) is 3.35. The molecule has 1 aromatic carbocycles. The van der Waals surface area contributed by atoms with Crippen LogP contribution in [0.1, 0.15) is 5.56 Å². The Morgan fingerprint density at radius 3 is 3.00 bits per heavy atom. The molecule has 1 aromatic rings. The normalized spacial score (nSPS) is 17.1. The molecule has 0 fully saturated rings. The van der Waals surface area contributed by atoms with Gasteiger partial charge in [0.2, 0.25) is 5.91 Å². The molecular weight excluding hydrogens is 220 g/mol. The van der Waals surface area contributed by atoms with Gasteiger partial charge in [-0.3, -0.25) is 4.79 Å². The summed E-state index contributed by atoms with van der Waals surface area (Å²) in [4.78, 5) is 24.3. The van der Waals surface area contributed by atoms with Crippen LogP contribution in [-0.4, -0.2) is 18.4 Å². The monoisotopic (exact) mass is 230 g/mol.